The zero-order valence-electron chi connectivity index (χ0n) is 10.7. The quantitative estimate of drug-likeness (QED) is 0.774. The van der Waals surface area contributed by atoms with Gasteiger partial charge in [-0.3, -0.25) is 9.78 Å². The van der Waals surface area contributed by atoms with Gasteiger partial charge >= 0.3 is 0 Å². The zero-order chi connectivity index (χ0) is 13.1. The Morgan fingerprint density at radius 2 is 1.89 bits per heavy atom. The normalized spacial score (nSPS) is 10.2. The van der Waals surface area contributed by atoms with Gasteiger partial charge < -0.3 is 4.74 Å². The summed E-state index contributed by atoms with van der Waals surface area (Å²) in [6.45, 7) is 3.39. The Bertz CT molecular complexity index is 591. The van der Waals surface area contributed by atoms with Crippen molar-refractivity contribution >= 4 is 5.78 Å². The van der Waals surface area contributed by atoms with Gasteiger partial charge in [-0.15, -0.1) is 0 Å². The van der Waals surface area contributed by atoms with Crippen molar-refractivity contribution in [3.8, 4) is 17.0 Å². The first-order valence-electron chi connectivity index (χ1n) is 5.75. The molecule has 0 atom stereocenters. The third-order valence-corrected chi connectivity index (χ3v) is 2.85. The van der Waals surface area contributed by atoms with Crippen molar-refractivity contribution < 1.29 is 9.53 Å². The number of aromatic nitrogens is 1. The number of carbonyl (C=O) groups excluding carboxylic acids is 1. The van der Waals surface area contributed by atoms with Gasteiger partial charge in [0.15, 0.2) is 5.78 Å². The number of hydrogen-bond donors (Lipinski definition) is 0. The molecule has 2 aromatic rings. The molecule has 0 bridgehead atoms. The number of pyridine rings is 1. The van der Waals surface area contributed by atoms with Crippen LogP contribution in [-0.2, 0) is 0 Å². The molecule has 1 aromatic carbocycles. The monoisotopic (exact) mass is 241 g/mol. The van der Waals surface area contributed by atoms with Gasteiger partial charge in [0, 0.05) is 16.8 Å². The molecule has 1 aromatic heterocycles. The number of hydrogen-bond acceptors (Lipinski definition) is 3. The van der Waals surface area contributed by atoms with Crippen molar-refractivity contribution in [2.24, 2.45) is 0 Å². The van der Waals surface area contributed by atoms with Crippen LogP contribution in [0, 0.1) is 6.92 Å². The van der Waals surface area contributed by atoms with Crippen LogP contribution in [0.2, 0.25) is 0 Å². The summed E-state index contributed by atoms with van der Waals surface area (Å²) in [4.78, 5) is 15.8. The summed E-state index contributed by atoms with van der Waals surface area (Å²) in [5.41, 5.74) is 3.15. The number of Topliss-reactive ketones (excluding diaryl/α,β-unsaturated/α-hetero) is 1. The van der Waals surface area contributed by atoms with E-state index < -0.39 is 0 Å². The zero-order valence-corrected chi connectivity index (χ0v) is 10.7. The first kappa shape index (κ1) is 12.3. The predicted molar refractivity (Wildman–Crippen MR) is 71.0 cm³/mol. The Hall–Kier alpha value is -2.16. The lowest BCUT2D eigenvalue weighted by atomic mass is 10.1. The molecule has 0 aliphatic carbocycles. The highest BCUT2D eigenvalue weighted by Crippen LogP contribution is 2.28. The third-order valence-electron chi connectivity index (χ3n) is 2.85. The van der Waals surface area contributed by atoms with E-state index in [2.05, 4.69) is 4.98 Å². The number of ketones is 1. The number of aryl methyl sites for hydroxylation is 1. The minimum absolute atomic E-state index is 0.0339. The highest BCUT2D eigenvalue weighted by atomic mass is 16.5. The van der Waals surface area contributed by atoms with E-state index in [1.807, 2.05) is 43.3 Å². The Kier molecular flexibility index (Phi) is 3.42. The molecule has 0 aliphatic heterocycles. The molecular weight excluding hydrogens is 226 g/mol. The lowest BCUT2D eigenvalue weighted by Crippen LogP contribution is -2.00. The summed E-state index contributed by atoms with van der Waals surface area (Å²) >= 11 is 0. The van der Waals surface area contributed by atoms with Gasteiger partial charge in [-0.1, -0.05) is 12.1 Å². The summed E-state index contributed by atoms with van der Waals surface area (Å²) in [6, 6.07) is 11.4. The molecule has 92 valence electrons. The summed E-state index contributed by atoms with van der Waals surface area (Å²) in [6.07, 6.45) is 0. The predicted octanol–water partition coefficient (Wildman–Crippen LogP) is 3.27. The average molecular weight is 241 g/mol. The molecule has 0 radical (unpaired) electrons. The SMILES string of the molecule is COc1ccccc1-c1ccc(C(C)=O)c(C)n1. The second-order valence-corrected chi connectivity index (χ2v) is 4.09. The van der Waals surface area contributed by atoms with Gasteiger partial charge in [-0.05, 0) is 38.1 Å². The number of methoxy groups -OCH3 is 1. The molecule has 0 N–H and O–H groups in total. The van der Waals surface area contributed by atoms with Crippen molar-refractivity contribution in [1.29, 1.82) is 0 Å². The van der Waals surface area contributed by atoms with Crippen LogP contribution in [0.4, 0.5) is 0 Å². The molecular formula is C15H15NO2. The van der Waals surface area contributed by atoms with E-state index >= 15 is 0 Å². The number of para-hydroxylation sites is 1. The first-order chi connectivity index (χ1) is 8.63. The molecule has 0 spiro atoms. The van der Waals surface area contributed by atoms with Gasteiger partial charge in [-0.2, -0.15) is 0 Å². The van der Waals surface area contributed by atoms with Crippen LogP contribution >= 0.6 is 0 Å². The van der Waals surface area contributed by atoms with E-state index in [0.717, 1.165) is 22.7 Å². The van der Waals surface area contributed by atoms with E-state index in [9.17, 15) is 4.79 Å². The van der Waals surface area contributed by atoms with Crippen LogP contribution in [0.5, 0.6) is 5.75 Å². The van der Waals surface area contributed by atoms with Crippen LogP contribution in [-0.4, -0.2) is 17.9 Å². The standard InChI is InChI=1S/C15H15NO2/c1-10-12(11(2)17)8-9-14(16-10)13-6-4-5-7-15(13)18-3/h4-9H,1-3H3. The molecule has 0 unspecified atom stereocenters. The molecule has 0 amide bonds. The number of benzene rings is 1. The largest absolute Gasteiger partial charge is 0.496 e. The van der Waals surface area contributed by atoms with Gasteiger partial charge in [0.1, 0.15) is 5.75 Å². The van der Waals surface area contributed by atoms with Gasteiger partial charge in [0.2, 0.25) is 0 Å². The van der Waals surface area contributed by atoms with E-state index in [0.29, 0.717) is 5.56 Å². The van der Waals surface area contributed by atoms with Crippen molar-refractivity contribution in [2.45, 2.75) is 13.8 Å². The topological polar surface area (TPSA) is 39.2 Å². The molecule has 0 saturated carbocycles. The minimum Gasteiger partial charge on any atom is -0.496 e. The van der Waals surface area contributed by atoms with Crippen molar-refractivity contribution in [1.82, 2.24) is 4.98 Å². The minimum atomic E-state index is 0.0339. The number of rotatable bonds is 3. The number of carbonyl (C=O) groups is 1. The molecule has 3 heteroatoms. The Morgan fingerprint density at radius 1 is 1.17 bits per heavy atom. The Balaban J connectivity index is 2.52. The smallest absolute Gasteiger partial charge is 0.161 e. The lowest BCUT2D eigenvalue weighted by molar-refractivity contribution is 0.101. The second kappa shape index (κ2) is 5.00. The highest BCUT2D eigenvalue weighted by Gasteiger charge is 2.10. The van der Waals surface area contributed by atoms with E-state index in [1.54, 1.807) is 14.0 Å². The molecule has 18 heavy (non-hydrogen) atoms. The maximum Gasteiger partial charge on any atom is 0.161 e. The fourth-order valence-corrected chi connectivity index (χ4v) is 1.94. The van der Waals surface area contributed by atoms with Crippen LogP contribution in [0.3, 0.4) is 0 Å². The van der Waals surface area contributed by atoms with E-state index in [1.165, 1.54) is 0 Å². The van der Waals surface area contributed by atoms with E-state index in [-0.39, 0.29) is 5.78 Å². The summed E-state index contributed by atoms with van der Waals surface area (Å²) in [5.74, 6) is 0.812. The van der Waals surface area contributed by atoms with Crippen molar-refractivity contribution in [3.05, 3.63) is 47.7 Å². The first-order valence-corrected chi connectivity index (χ1v) is 5.75. The van der Waals surface area contributed by atoms with E-state index in [4.69, 9.17) is 4.74 Å². The fraction of sp³-hybridized carbons (Fsp3) is 0.200. The van der Waals surface area contributed by atoms with Crippen LogP contribution in [0.25, 0.3) is 11.3 Å². The number of nitrogens with zero attached hydrogens (tertiary/aromatic N) is 1. The Labute approximate surface area is 106 Å². The molecule has 2 rings (SSSR count). The second-order valence-electron chi connectivity index (χ2n) is 4.09. The van der Waals surface area contributed by atoms with Crippen LogP contribution in [0.1, 0.15) is 23.0 Å². The van der Waals surface area contributed by atoms with Crippen molar-refractivity contribution in [3.63, 3.8) is 0 Å². The van der Waals surface area contributed by atoms with Crippen molar-refractivity contribution in [2.75, 3.05) is 7.11 Å². The van der Waals surface area contributed by atoms with Gasteiger partial charge in [-0.25, -0.2) is 0 Å². The molecule has 0 fully saturated rings. The third kappa shape index (κ3) is 2.25. The highest BCUT2D eigenvalue weighted by molar-refractivity contribution is 5.95. The average Bonchev–Trinajstić information content (AvgIpc) is 2.38. The Morgan fingerprint density at radius 3 is 2.50 bits per heavy atom. The fourth-order valence-electron chi connectivity index (χ4n) is 1.94. The maximum absolute atomic E-state index is 11.4. The molecule has 3 nitrogen and oxygen atoms in total. The van der Waals surface area contributed by atoms with Gasteiger partial charge in [0.25, 0.3) is 0 Å². The van der Waals surface area contributed by atoms with Gasteiger partial charge in [0.05, 0.1) is 12.8 Å². The molecule has 1 heterocycles. The summed E-state index contributed by atoms with van der Waals surface area (Å²) in [5, 5.41) is 0. The summed E-state index contributed by atoms with van der Waals surface area (Å²) in [7, 11) is 1.63. The van der Waals surface area contributed by atoms with Crippen LogP contribution in [0.15, 0.2) is 36.4 Å². The summed E-state index contributed by atoms with van der Waals surface area (Å²) < 4.78 is 5.31. The lowest BCUT2D eigenvalue weighted by Gasteiger charge is -2.09. The molecule has 0 saturated heterocycles. The number of ether oxygens (including phenoxy) is 1. The van der Waals surface area contributed by atoms with Crippen LogP contribution < -0.4 is 4.74 Å². The maximum atomic E-state index is 11.4. The molecule has 0 aliphatic rings.